The molecule has 2 aromatic carbocycles. The van der Waals surface area contributed by atoms with Crippen molar-refractivity contribution in [1.29, 1.82) is 0 Å². The molecular formula is C10H10B2O4. The van der Waals surface area contributed by atoms with Crippen LogP contribution in [0.2, 0.25) is 0 Å². The lowest BCUT2D eigenvalue weighted by Crippen LogP contribution is -2.49. The average molecular weight is 216 g/mol. The minimum Gasteiger partial charge on any atom is -0.423 e. The molecule has 0 radical (unpaired) electrons. The van der Waals surface area contributed by atoms with Crippen molar-refractivity contribution in [2.75, 3.05) is 0 Å². The van der Waals surface area contributed by atoms with Gasteiger partial charge in [0.15, 0.2) is 0 Å². The summed E-state index contributed by atoms with van der Waals surface area (Å²) in [6.45, 7) is 0. The molecule has 0 fully saturated rings. The van der Waals surface area contributed by atoms with Crippen molar-refractivity contribution in [3.63, 3.8) is 0 Å². The Kier molecular flexibility index (Phi) is 2.98. The van der Waals surface area contributed by atoms with Crippen molar-refractivity contribution in [2.45, 2.75) is 0 Å². The number of fused-ring (bicyclic) bond motifs is 1. The summed E-state index contributed by atoms with van der Waals surface area (Å²) in [6, 6.07) is 10.4. The lowest BCUT2D eigenvalue weighted by Gasteiger charge is -2.10. The Labute approximate surface area is 93.1 Å². The van der Waals surface area contributed by atoms with Crippen LogP contribution in [-0.4, -0.2) is 34.3 Å². The molecule has 2 rings (SSSR count). The van der Waals surface area contributed by atoms with Crippen molar-refractivity contribution >= 4 is 35.9 Å². The first-order chi connectivity index (χ1) is 7.59. The molecular weight excluding hydrogens is 206 g/mol. The fourth-order valence-corrected chi connectivity index (χ4v) is 1.72. The molecule has 0 aliphatic heterocycles. The lowest BCUT2D eigenvalue weighted by atomic mass is 9.65. The standard InChI is InChI=1S/C10H10B2O4/c13-11(14)9-5-7-3-1-2-4-8(7)6-10(9)12(15)16/h1-6,13-16H. The van der Waals surface area contributed by atoms with Gasteiger partial charge in [0.2, 0.25) is 0 Å². The van der Waals surface area contributed by atoms with Crippen molar-refractivity contribution in [3.8, 4) is 0 Å². The lowest BCUT2D eigenvalue weighted by molar-refractivity contribution is 0.419. The average Bonchev–Trinajstić information content (AvgIpc) is 2.27. The van der Waals surface area contributed by atoms with Gasteiger partial charge in [-0.05, 0) is 21.7 Å². The largest absolute Gasteiger partial charge is 0.488 e. The van der Waals surface area contributed by atoms with Crippen molar-refractivity contribution in [3.05, 3.63) is 36.4 Å². The molecule has 2 aromatic rings. The third-order valence-corrected chi connectivity index (χ3v) is 2.51. The highest BCUT2D eigenvalue weighted by Gasteiger charge is 2.23. The zero-order valence-electron chi connectivity index (χ0n) is 8.41. The minimum absolute atomic E-state index is 0.105. The SMILES string of the molecule is OB(O)c1cc2ccccc2cc1B(O)O. The highest BCUT2D eigenvalue weighted by molar-refractivity contribution is 6.72. The predicted octanol–water partition coefficient (Wildman–Crippen LogP) is -1.80. The first-order valence-corrected chi connectivity index (χ1v) is 4.84. The quantitative estimate of drug-likeness (QED) is 0.446. The second kappa shape index (κ2) is 4.27. The van der Waals surface area contributed by atoms with E-state index in [4.69, 9.17) is 20.1 Å². The Bertz CT molecular complexity index is 467. The van der Waals surface area contributed by atoms with Gasteiger partial charge in [-0.3, -0.25) is 0 Å². The predicted molar refractivity (Wildman–Crippen MR) is 63.6 cm³/mol. The Hall–Kier alpha value is -1.33. The summed E-state index contributed by atoms with van der Waals surface area (Å²) in [4.78, 5) is 0. The van der Waals surface area contributed by atoms with Crippen LogP contribution in [0.1, 0.15) is 0 Å². The first-order valence-electron chi connectivity index (χ1n) is 4.84. The highest BCUT2D eigenvalue weighted by Crippen LogP contribution is 2.10. The number of rotatable bonds is 2. The summed E-state index contributed by atoms with van der Waals surface area (Å²) in [5.41, 5.74) is 0.211. The molecule has 0 aromatic heterocycles. The van der Waals surface area contributed by atoms with Gasteiger partial charge >= 0.3 is 14.2 Å². The molecule has 0 aliphatic carbocycles. The normalized spacial score (nSPS) is 10.5. The molecule has 0 amide bonds. The van der Waals surface area contributed by atoms with Gasteiger partial charge in [0.1, 0.15) is 0 Å². The van der Waals surface area contributed by atoms with E-state index in [1.807, 2.05) is 24.3 Å². The van der Waals surface area contributed by atoms with Crippen molar-refractivity contribution in [1.82, 2.24) is 0 Å². The molecule has 0 spiro atoms. The molecule has 6 heteroatoms. The molecule has 0 aliphatic rings. The van der Waals surface area contributed by atoms with Crippen LogP contribution in [0, 0.1) is 0 Å². The Morgan fingerprint density at radius 2 is 1.06 bits per heavy atom. The summed E-state index contributed by atoms with van der Waals surface area (Å²) in [7, 11) is -3.44. The first kappa shape index (κ1) is 11.2. The van der Waals surface area contributed by atoms with Crippen molar-refractivity contribution in [2.24, 2.45) is 0 Å². The zero-order valence-corrected chi connectivity index (χ0v) is 8.41. The van der Waals surface area contributed by atoms with Gasteiger partial charge in [-0.25, -0.2) is 0 Å². The van der Waals surface area contributed by atoms with Gasteiger partial charge in [0, 0.05) is 0 Å². The van der Waals surface area contributed by atoms with Gasteiger partial charge in [-0.15, -0.1) is 0 Å². The van der Waals surface area contributed by atoms with Crippen molar-refractivity contribution < 1.29 is 20.1 Å². The van der Waals surface area contributed by atoms with E-state index in [1.54, 1.807) is 0 Å². The van der Waals surface area contributed by atoms with Crippen LogP contribution in [-0.2, 0) is 0 Å². The Morgan fingerprint density at radius 1 is 0.688 bits per heavy atom. The van der Waals surface area contributed by atoms with E-state index in [0.717, 1.165) is 10.8 Å². The second-order valence-corrected chi connectivity index (χ2v) is 3.58. The number of hydrogen-bond donors (Lipinski definition) is 4. The number of benzene rings is 2. The van der Waals surface area contributed by atoms with E-state index in [-0.39, 0.29) is 10.9 Å². The van der Waals surface area contributed by atoms with E-state index in [1.165, 1.54) is 12.1 Å². The summed E-state index contributed by atoms with van der Waals surface area (Å²) in [6.07, 6.45) is 0. The van der Waals surface area contributed by atoms with E-state index in [9.17, 15) is 0 Å². The summed E-state index contributed by atoms with van der Waals surface area (Å²) >= 11 is 0. The third-order valence-electron chi connectivity index (χ3n) is 2.51. The smallest absolute Gasteiger partial charge is 0.423 e. The molecule has 0 atom stereocenters. The Morgan fingerprint density at radius 3 is 1.38 bits per heavy atom. The fourth-order valence-electron chi connectivity index (χ4n) is 1.72. The molecule has 0 saturated heterocycles. The van der Waals surface area contributed by atoms with Crippen LogP contribution in [0.4, 0.5) is 0 Å². The summed E-state index contributed by atoms with van der Waals surface area (Å²) in [5, 5.41) is 38.2. The second-order valence-electron chi connectivity index (χ2n) is 3.58. The maximum atomic E-state index is 9.15. The van der Waals surface area contributed by atoms with E-state index >= 15 is 0 Å². The molecule has 0 bridgehead atoms. The van der Waals surface area contributed by atoms with Crippen LogP contribution in [0.15, 0.2) is 36.4 Å². The molecule has 16 heavy (non-hydrogen) atoms. The van der Waals surface area contributed by atoms with Crippen LogP contribution in [0.3, 0.4) is 0 Å². The molecule has 4 nitrogen and oxygen atoms in total. The van der Waals surface area contributed by atoms with Gasteiger partial charge in [0.25, 0.3) is 0 Å². The summed E-state index contributed by atoms with van der Waals surface area (Å²) in [5.74, 6) is 0. The van der Waals surface area contributed by atoms with E-state index < -0.39 is 14.2 Å². The van der Waals surface area contributed by atoms with Crippen LogP contribution < -0.4 is 10.9 Å². The molecule has 0 unspecified atom stereocenters. The maximum Gasteiger partial charge on any atom is 0.488 e. The van der Waals surface area contributed by atoms with Gasteiger partial charge < -0.3 is 20.1 Å². The minimum atomic E-state index is -1.72. The van der Waals surface area contributed by atoms with E-state index in [0.29, 0.717) is 0 Å². The molecule has 0 heterocycles. The fraction of sp³-hybridized carbons (Fsp3) is 0. The number of hydrogen-bond acceptors (Lipinski definition) is 4. The van der Waals surface area contributed by atoms with Crippen LogP contribution in [0.25, 0.3) is 10.8 Å². The Balaban J connectivity index is 2.71. The van der Waals surface area contributed by atoms with E-state index in [2.05, 4.69) is 0 Å². The topological polar surface area (TPSA) is 80.9 Å². The van der Waals surface area contributed by atoms with Gasteiger partial charge in [0.05, 0.1) is 0 Å². The molecule has 0 saturated carbocycles. The molecule has 4 N–H and O–H groups in total. The third kappa shape index (κ3) is 1.96. The van der Waals surface area contributed by atoms with Gasteiger partial charge in [-0.2, -0.15) is 0 Å². The van der Waals surface area contributed by atoms with Gasteiger partial charge in [-0.1, -0.05) is 36.4 Å². The maximum absolute atomic E-state index is 9.15. The highest BCUT2D eigenvalue weighted by atomic mass is 16.4. The monoisotopic (exact) mass is 216 g/mol. The summed E-state index contributed by atoms with van der Waals surface area (Å²) < 4.78 is 0. The zero-order chi connectivity index (χ0) is 11.7. The van der Waals surface area contributed by atoms with Crippen LogP contribution in [0.5, 0.6) is 0 Å². The van der Waals surface area contributed by atoms with Crippen LogP contribution >= 0.6 is 0 Å². The molecule has 80 valence electrons.